The van der Waals surface area contributed by atoms with Crippen LogP contribution in [0.25, 0.3) is 6.08 Å². The van der Waals surface area contributed by atoms with Gasteiger partial charge in [0, 0.05) is 6.08 Å². The molecular weight excluding hydrogens is 232 g/mol. The molecule has 0 spiro atoms. The zero-order chi connectivity index (χ0) is 12.0. The van der Waals surface area contributed by atoms with Gasteiger partial charge in [0.15, 0.2) is 0 Å². The number of carbonyl (C=O) groups is 1. The van der Waals surface area contributed by atoms with E-state index in [-0.39, 0.29) is 18.9 Å². The maximum absolute atomic E-state index is 11.5. The zero-order valence-corrected chi connectivity index (χ0v) is 7.90. The second kappa shape index (κ2) is 7.17. The molecule has 0 bridgehead atoms. The average Bonchev–Trinajstić information content (AvgIpc) is 2.24. The molecule has 0 saturated heterocycles. The molecule has 0 fully saturated rings. The van der Waals surface area contributed by atoms with Crippen LogP contribution in [0.3, 0.4) is 0 Å². The van der Waals surface area contributed by atoms with Crippen LogP contribution in [-0.4, -0.2) is 31.2 Å². The van der Waals surface area contributed by atoms with E-state index in [9.17, 15) is 18.0 Å². The Labute approximate surface area is 107 Å². The average molecular weight is 240 g/mol. The molecule has 0 aliphatic rings. The maximum atomic E-state index is 11.5. The molecule has 0 aliphatic heterocycles. The third-order valence-electron chi connectivity index (χ3n) is 1.43. The Morgan fingerprint density at radius 2 is 1.76 bits per heavy atom. The summed E-state index contributed by atoms with van der Waals surface area (Å²) in [6.07, 6.45) is -2.85. The van der Waals surface area contributed by atoms with Crippen molar-refractivity contribution in [3.05, 3.63) is 42.0 Å². The van der Waals surface area contributed by atoms with Crippen LogP contribution in [0.2, 0.25) is 0 Å². The number of carbonyl (C=O) groups excluding carboxylic acids is 1. The summed E-state index contributed by atoms with van der Waals surface area (Å²) < 4.78 is 34.4. The fraction of sp³-hybridized carbons (Fsp3) is 0.100. The molecule has 3 nitrogen and oxygen atoms in total. The third kappa shape index (κ3) is 7.63. The van der Waals surface area contributed by atoms with Gasteiger partial charge in [-0.1, -0.05) is 35.2 Å². The van der Waals surface area contributed by atoms with Crippen LogP contribution in [0.5, 0.6) is 0 Å². The molecule has 7 heteroatoms. The van der Waals surface area contributed by atoms with E-state index < -0.39 is 12.3 Å². The van der Waals surface area contributed by atoms with E-state index in [2.05, 4.69) is 9.78 Å². The molecule has 0 N–H and O–H groups in total. The summed E-state index contributed by atoms with van der Waals surface area (Å²) in [5.41, 5.74) is 0.659. The van der Waals surface area contributed by atoms with Crippen LogP contribution < -0.4 is 0 Å². The van der Waals surface area contributed by atoms with E-state index in [1.807, 2.05) is 0 Å². The van der Waals surface area contributed by atoms with E-state index in [0.717, 1.165) is 6.08 Å². The summed E-state index contributed by atoms with van der Waals surface area (Å²) in [4.78, 5) is 17.1. The van der Waals surface area contributed by atoms with E-state index in [1.165, 1.54) is 6.08 Å². The minimum absolute atomic E-state index is 0. The number of halogens is 3. The topological polar surface area (TPSA) is 35.5 Å². The number of rotatable bonds is 3. The van der Waals surface area contributed by atoms with E-state index in [1.54, 1.807) is 30.3 Å². The summed E-state index contributed by atoms with van der Waals surface area (Å²) in [5, 5.41) is 0. The van der Waals surface area contributed by atoms with Crippen LogP contribution in [-0.2, 0) is 14.6 Å². The number of alkyl halides is 3. The van der Waals surface area contributed by atoms with Crippen molar-refractivity contribution in [2.45, 2.75) is 6.36 Å². The monoisotopic (exact) mass is 240 g/mol. The van der Waals surface area contributed by atoms with Gasteiger partial charge in [-0.25, -0.2) is 4.79 Å². The Bertz CT molecular complexity index is 376. The molecule has 0 saturated carbocycles. The molecule has 0 heterocycles. The van der Waals surface area contributed by atoms with Crippen LogP contribution in [0, 0.1) is 0 Å². The van der Waals surface area contributed by atoms with Crippen molar-refractivity contribution in [2.24, 2.45) is 0 Å². The number of hydrogen-bond acceptors (Lipinski definition) is 3. The quantitative estimate of drug-likeness (QED) is 0.351. The first-order chi connectivity index (χ1) is 7.47. The van der Waals surface area contributed by atoms with Gasteiger partial charge < -0.3 is 0 Å². The second-order valence-electron chi connectivity index (χ2n) is 2.68. The molecule has 0 amide bonds. The normalized spacial score (nSPS) is 11.0. The second-order valence-corrected chi connectivity index (χ2v) is 2.68. The Morgan fingerprint density at radius 1 is 1.18 bits per heavy atom. The van der Waals surface area contributed by atoms with Gasteiger partial charge in [-0.05, 0) is 11.6 Å². The van der Waals surface area contributed by atoms with Crippen molar-refractivity contribution in [2.75, 3.05) is 0 Å². The molecule has 17 heavy (non-hydrogen) atoms. The van der Waals surface area contributed by atoms with Gasteiger partial charge in [0.1, 0.15) is 0 Å². The van der Waals surface area contributed by atoms with E-state index in [0.29, 0.717) is 5.56 Å². The SMILES string of the molecule is O=C(C=Cc1ccccc1)OOC(F)(F)F.[LiH]. The predicted molar refractivity (Wildman–Crippen MR) is 55.9 cm³/mol. The fourth-order valence-corrected chi connectivity index (χ4v) is 0.845. The Morgan fingerprint density at radius 3 is 2.29 bits per heavy atom. The van der Waals surface area contributed by atoms with Gasteiger partial charge in [0.25, 0.3) is 0 Å². The Kier molecular flexibility index (Phi) is 6.66. The van der Waals surface area contributed by atoms with E-state index >= 15 is 0 Å². The van der Waals surface area contributed by atoms with Gasteiger partial charge >= 0.3 is 31.2 Å². The fourth-order valence-electron chi connectivity index (χ4n) is 0.845. The Balaban J connectivity index is 0.00000256. The van der Waals surface area contributed by atoms with E-state index in [4.69, 9.17) is 0 Å². The molecular formula is C10H8F3LiO3. The standard InChI is InChI=1S/C10H7F3O3.Li.H/c11-10(12,13)16-15-9(14)7-6-8-4-2-1-3-5-8;;/h1-7H;;. The van der Waals surface area contributed by atoms with Crippen molar-refractivity contribution < 1.29 is 27.7 Å². The van der Waals surface area contributed by atoms with Gasteiger partial charge in [0.2, 0.25) is 0 Å². The summed E-state index contributed by atoms with van der Waals surface area (Å²) in [6, 6.07) is 8.56. The van der Waals surface area contributed by atoms with Crippen LogP contribution in [0.1, 0.15) is 5.56 Å². The predicted octanol–water partition coefficient (Wildman–Crippen LogP) is 2.05. The van der Waals surface area contributed by atoms with Crippen molar-refractivity contribution in [1.82, 2.24) is 0 Å². The molecule has 1 rings (SSSR count). The summed E-state index contributed by atoms with van der Waals surface area (Å²) in [5.74, 6) is -1.24. The third-order valence-corrected chi connectivity index (χ3v) is 1.43. The molecule has 0 atom stereocenters. The molecule has 1 aromatic carbocycles. The molecule has 0 aromatic heterocycles. The number of benzene rings is 1. The van der Waals surface area contributed by atoms with Crippen molar-refractivity contribution in [1.29, 1.82) is 0 Å². The van der Waals surface area contributed by atoms with Crippen LogP contribution in [0.15, 0.2) is 36.4 Å². The minimum atomic E-state index is -4.99. The van der Waals surface area contributed by atoms with Crippen molar-refractivity contribution in [3.8, 4) is 0 Å². The first-order valence-corrected chi connectivity index (χ1v) is 4.17. The van der Waals surface area contributed by atoms with Crippen LogP contribution in [0.4, 0.5) is 13.2 Å². The molecule has 88 valence electrons. The summed E-state index contributed by atoms with van der Waals surface area (Å²) >= 11 is 0. The first-order valence-electron chi connectivity index (χ1n) is 4.17. The summed E-state index contributed by atoms with van der Waals surface area (Å²) in [6.45, 7) is 0. The zero-order valence-electron chi connectivity index (χ0n) is 7.90. The molecule has 0 aliphatic carbocycles. The summed E-state index contributed by atoms with van der Waals surface area (Å²) in [7, 11) is 0. The number of hydrogen-bond donors (Lipinski definition) is 0. The Hall–Kier alpha value is -1.22. The van der Waals surface area contributed by atoms with Gasteiger partial charge in [-0.2, -0.15) is 0 Å². The molecule has 0 unspecified atom stereocenters. The van der Waals surface area contributed by atoms with Crippen molar-refractivity contribution in [3.63, 3.8) is 0 Å². The van der Waals surface area contributed by atoms with Crippen LogP contribution >= 0.6 is 0 Å². The van der Waals surface area contributed by atoms with Gasteiger partial charge in [-0.3, -0.25) is 4.89 Å². The van der Waals surface area contributed by atoms with Gasteiger partial charge in [0.05, 0.1) is 0 Å². The molecule has 1 aromatic rings. The van der Waals surface area contributed by atoms with Crippen molar-refractivity contribution >= 4 is 30.9 Å². The first kappa shape index (κ1) is 15.8. The molecule has 0 radical (unpaired) electrons. The van der Waals surface area contributed by atoms with Gasteiger partial charge in [-0.15, -0.1) is 13.2 Å².